The van der Waals surface area contributed by atoms with Gasteiger partial charge in [0.05, 0.1) is 12.6 Å². The molecule has 0 saturated heterocycles. The second-order valence-corrected chi connectivity index (χ2v) is 5.09. The Bertz CT molecular complexity index is 980. The lowest BCUT2D eigenvalue weighted by Gasteiger charge is -2.03. The molecule has 0 aliphatic rings. The van der Waals surface area contributed by atoms with E-state index in [1.54, 1.807) is 24.3 Å². The average Bonchev–Trinajstić information content (AvgIpc) is 2.88. The van der Waals surface area contributed by atoms with Gasteiger partial charge in [0.15, 0.2) is 11.4 Å². The summed E-state index contributed by atoms with van der Waals surface area (Å²) in [5, 5.41) is 8.84. The number of nitrogens with zero attached hydrogens (tertiary/aromatic N) is 1. The Morgan fingerprint density at radius 2 is 1.79 bits per heavy atom. The van der Waals surface area contributed by atoms with Crippen LogP contribution < -0.4 is 10.5 Å². The second-order valence-electron chi connectivity index (χ2n) is 5.09. The predicted molar refractivity (Wildman–Crippen MR) is 84.5 cm³/mol. The van der Waals surface area contributed by atoms with Gasteiger partial charge in [0, 0.05) is 11.1 Å². The van der Waals surface area contributed by atoms with Crippen molar-refractivity contribution in [1.29, 1.82) is 0 Å². The first-order chi connectivity index (χ1) is 11.5. The van der Waals surface area contributed by atoms with Gasteiger partial charge in [-0.1, -0.05) is 0 Å². The van der Waals surface area contributed by atoms with E-state index in [1.807, 2.05) is 0 Å². The van der Waals surface area contributed by atoms with E-state index in [9.17, 15) is 14.4 Å². The maximum atomic E-state index is 12.5. The summed E-state index contributed by atoms with van der Waals surface area (Å²) in [4.78, 5) is 35.0. The molecule has 0 radical (unpaired) electrons. The number of aromatic nitrogens is 1. The van der Waals surface area contributed by atoms with E-state index in [2.05, 4.69) is 0 Å². The predicted octanol–water partition coefficient (Wildman–Crippen LogP) is 1.92. The Morgan fingerprint density at radius 1 is 1.12 bits per heavy atom. The Hall–Kier alpha value is -3.35. The molecule has 0 fully saturated rings. The highest BCUT2D eigenvalue weighted by Crippen LogP contribution is 2.19. The molecule has 2 aromatic carbocycles. The van der Waals surface area contributed by atoms with Gasteiger partial charge < -0.3 is 14.3 Å². The lowest BCUT2D eigenvalue weighted by molar-refractivity contribution is -0.137. The summed E-state index contributed by atoms with van der Waals surface area (Å²) in [6.07, 6.45) is 0. The summed E-state index contributed by atoms with van der Waals surface area (Å²) in [6, 6.07) is 11.1. The van der Waals surface area contributed by atoms with Crippen LogP contribution >= 0.6 is 0 Å². The van der Waals surface area contributed by atoms with Gasteiger partial charge in [0.2, 0.25) is 0 Å². The van der Waals surface area contributed by atoms with E-state index >= 15 is 0 Å². The third kappa shape index (κ3) is 2.79. The number of ketones is 1. The van der Waals surface area contributed by atoms with Crippen LogP contribution in [-0.2, 0) is 11.3 Å². The zero-order chi connectivity index (χ0) is 17.3. The fraction of sp³-hybridized carbons (Fsp3) is 0.118. The molecular weight excluding hydrogens is 314 g/mol. The van der Waals surface area contributed by atoms with Crippen molar-refractivity contribution in [3.8, 4) is 5.75 Å². The van der Waals surface area contributed by atoms with Gasteiger partial charge in [-0.15, -0.1) is 0 Å². The first-order valence-electron chi connectivity index (χ1n) is 7.03. The van der Waals surface area contributed by atoms with Gasteiger partial charge in [-0.25, -0.2) is 4.79 Å². The van der Waals surface area contributed by atoms with Crippen molar-refractivity contribution < 1.29 is 23.8 Å². The number of methoxy groups -OCH3 is 1. The molecule has 3 aromatic rings. The van der Waals surface area contributed by atoms with Crippen LogP contribution in [0.2, 0.25) is 0 Å². The van der Waals surface area contributed by atoms with Crippen LogP contribution in [-0.4, -0.2) is 28.5 Å². The van der Waals surface area contributed by atoms with Gasteiger partial charge >= 0.3 is 11.7 Å². The van der Waals surface area contributed by atoms with Gasteiger partial charge in [-0.2, -0.15) is 0 Å². The first kappa shape index (κ1) is 15.5. The summed E-state index contributed by atoms with van der Waals surface area (Å²) in [6.45, 7) is -0.502. The molecule has 122 valence electrons. The number of carboxylic acid groups (broad SMARTS) is 1. The molecule has 0 aliphatic carbocycles. The summed E-state index contributed by atoms with van der Waals surface area (Å²) < 4.78 is 11.1. The number of benzene rings is 2. The van der Waals surface area contributed by atoms with Crippen molar-refractivity contribution >= 4 is 22.9 Å². The fourth-order valence-electron chi connectivity index (χ4n) is 2.40. The molecule has 24 heavy (non-hydrogen) atoms. The molecule has 0 bridgehead atoms. The topological polar surface area (TPSA) is 98.7 Å². The Labute approximate surface area is 135 Å². The van der Waals surface area contributed by atoms with Crippen molar-refractivity contribution in [3.05, 3.63) is 64.1 Å². The molecular formula is C17H13NO6. The van der Waals surface area contributed by atoms with Crippen LogP contribution in [0.3, 0.4) is 0 Å². The number of aliphatic carboxylic acids is 1. The van der Waals surface area contributed by atoms with E-state index in [-0.39, 0.29) is 11.4 Å². The number of rotatable bonds is 5. The number of ether oxygens (including phenoxy) is 1. The molecule has 3 rings (SSSR count). The smallest absolute Gasteiger partial charge is 0.420 e. The highest BCUT2D eigenvalue weighted by Gasteiger charge is 2.15. The maximum Gasteiger partial charge on any atom is 0.420 e. The number of hydrogen-bond donors (Lipinski definition) is 1. The minimum absolute atomic E-state index is 0.167. The normalized spacial score (nSPS) is 10.7. The first-order valence-corrected chi connectivity index (χ1v) is 7.03. The van der Waals surface area contributed by atoms with E-state index in [0.717, 1.165) is 4.57 Å². The highest BCUT2D eigenvalue weighted by molar-refractivity contribution is 6.10. The third-order valence-electron chi connectivity index (χ3n) is 3.58. The monoisotopic (exact) mass is 327 g/mol. The van der Waals surface area contributed by atoms with Crippen LogP contribution in [0, 0.1) is 0 Å². The summed E-state index contributed by atoms with van der Waals surface area (Å²) in [5.74, 6) is -1.54. The van der Waals surface area contributed by atoms with Gasteiger partial charge in [0.25, 0.3) is 0 Å². The molecule has 0 amide bonds. The van der Waals surface area contributed by atoms with E-state index < -0.39 is 18.3 Å². The second kappa shape index (κ2) is 6.04. The zero-order valence-electron chi connectivity index (χ0n) is 12.7. The Kier molecular flexibility index (Phi) is 3.91. The molecule has 1 heterocycles. The highest BCUT2D eigenvalue weighted by atomic mass is 16.5. The number of fused-ring (bicyclic) bond motifs is 1. The molecule has 1 N–H and O–H groups in total. The van der Waals surface area contributed by atoms with Crippen LogP contribution in [0.5, 0.6) is 5.75 Å². The van der Waals surface area contributed by atoms with Crippen LogP contribution in [0.1, 0.15) is 15.9 Å². The molecule has 7 nitrogen and oxygen atoms in total. The van der Waals surface area contributed by atoms with Crippen LogP contribution in [0.4, 0.5) is 0 Å². The Morgan fingerprint density at radius 3 is 2.42 bits per heavy atom. The quantitative estimate of drug-likeness (QED) is 0.719. The van der Waals surface area contributed by atoms with Crippen molar-refractivity contribution in [2.45, 2.75) is 6.54 Å². The number of hydrogen-bond acceptors (Lipinski definition) is 5. The van der Waals surface area contributed by atoms with Crippen LogP contribution in [0.15, 0.2) is 51.7 Å². The molecule has 0 unspecified atom stereocenters. The lowest BCUT2D eigenvalue weighted by atomic mass is 10.0. The van der Waals surface area contributed by atoms with Gasteiger partial charge in [-0.05, 0) is 42.5 Å². The Balaban J connectivity index is 1.99. The summed E-state index contributed by atoms with van der Waals surface area (Å²) >= 11 is 0. The van der Waals surface area contributed by atoms with E-state index in [1.165, 1.54) is 25.3 Å². The largest absolute Gasteiger partial charge is 0.497 e. The molecule has 1 aromatic heterocycles. The SMILES string of the molecule is COc1ccc(C(=O)c2ccc3c(c2)oc(=O)n3CC(=O)O)cc1. The molecule has 0 saturated carbocycles. The lowest BCUT2D eigenvalue weighted by Crippen LogP contribution is -2.19. The summed E-state index contributed by atoms with van der Waals surface area (Å²) in [5.41, 5.74) is 1.29. The number of carbonyl (C=O) groups is 2. The number of carboxylic acids is 1. The molecule has 0 aliphatic heterocycles. The van der Waals surface area contributed by atoms with Crippen molar-refractivity contribution in [2.24, 2.45) is 0 Å². The third-order valence-corrected chi connectivity index (χ3v) is 3.58. The molecule has 0 atom stereocenters. The average molecular weight is 327 g/mol. The molecule has 0 spiro atoms. The van der Waals surface area contributed by atoms with Crippen molar-refractivity contribution in [1.82, 2.24) is 4.57 Å². The number of carbonyl (C=O) groups excluding carboxylic acids is 1. The van der Waals surface area contributed by atoms with Crippen LogP contribution in [0.25, 0.3) is 11.1 Å². The summed E-state index contributed by atoms with van der Waals surface area (Å²) in [7, 11) is 1.54. The van der Waals surface area contributed by atoms with Crippen molar-refractivity contribution in [3.63, 3.8) is 0 Å². The zero-order valence-corrected chi connectivity index (χ0v) is 12.7. The minimum atomic E-state index is -1.15. The van der Waals surface area contributed by atoms with E-state index in [4.69, 9.17) is 14.3 Å². The minimum Gasteiger partial charge on any atom is -0.497 e. The standard InChI is InChI=1S/C17H13NO6/c1-23-12-5-2-10(3-6-12)16(21)11-4-7-13-14(8-11)24-17(22)18(13)9-15(19)20/h2-8H,9H2,1H3,(H,19,20). The van der Waals surface area contributed by atoms with Gasteiger partial charge in [-0.3, -0.25) is 14.2 Å². The maximum absolute atomic E-state index is 12.5. The molecule has 7 heteroatoms. The fourth-order valence-corrected chi connectivity index (χ4v) is 2.40. The number of oxazole rings is 1. The van der Waals surface area contributed by atoms with Crippen molar-refractivity contribution in [2.75, 3.05) is 7.11 Å². The van der Waals surface area contributed by atoms with Gasteiger partial charge in [0.1, 0.15) is 12.3 Å². The van der Waals surface area contributed by atoms with E-state index in [0.29, 0.717) is 22.4 Å².